The van der Waals surface area contributed by atoms with Gasteiger partial charge in [0, 0.05) is 32.0 Å². The Kier molecular flexibility index (Phi) is 2.91. The van der Waals surface area contributed by atoms with Crippen LogP contribution in [0.1, 0.15) is 39.5 Å². The zero-order valence-corrected chi connectivity index (χ0v) is 9.33. The maximum absolute atomic E-state index is 11.1. The van der Waals surface area contributed by atoms with Crippen molar-refractivity contribution in [1.29, 1.82) is 0 Å². The molecule has 14 heavy (non-hydrogen) atoms. The number of rotatable bonds is 1. The monoisotopic (exact) mass is 195 g/mol. The summed E-state index contributed by atoms with van der Waals surface area (Å²) in [6, 6.07) is 0.708. The number of likely N-dealkylation sites (tertiary alicyclic amines) is 1. The maximum atomic E-state index is 11.1. The fraction of sp³-hybridized carbons (Fsp3) is 0.917. The molecule has 2 aliphatic rings. The number of hydrogen-bond donors (Lipinski definition) is 0. The van der Waals surface area contributed by atoms with Crippen molar-refractivity contribution in [3.05, 3.63) is 0 Å². The zero-order chi connectivity index (χ0) is 10.1. The van der Waals surface area contributed by atoms with Crippen LogP contribution >= 0.6 is 0 Å². The number of carbonyl (C=O) groups is 1. The van der Waals surface area contributed by atoms with Crippen LogP contribution in [-0.2, 0) is 4.79 Å². The van der Waals surface area contributed by atoms with E-state index in [1.54, 1.807) is 0 Å². The molecule has 0 spiro atoms. The molecule has 2 unspecified atom stereocenters. The van der Waals surface area contributed by atoms with Crippen LogP contribution in [0.5, 0.6) is 0 Å². The Hall–Kier alpha value is -0.370. The molecule has 0 aromatic heterocycles. The fourth-order valence-electron chi connectivity index (χ4n) is 2.76. The number of nitrogens with zero attached hydrogens (tertiary/aromatic N) is 1. The molecule has 2 atom stereocenters. The zero-order valence-electron chi connectivity index (χ0n) is 9.33. The molecule has 0 aromatic carbocycles. The molecule has 1 aliphatic carbocycles. The van der Waals surface area contributed by atoms with Gasteiger partial charge in [-0.15, -0.1) is 0 Å². The van der Waals surface area contributed by atoms with Gasteiger partial charge >= 0.3 is 0 Å². The van der Waals surface area contributed by atoms with Crippen molar-refractivity contribution in [3.63, 3.8) is 0 Å². The summed E-state index contributed by atoms with van der Waals surface area (Å²) in [5.41, 5.74) is 0. The molecule has 2 heteroatoms. The predicted molar refractivity (Wildman–Crippen MR) is 57.2 cm³/mol. The summed E-state index contributed by atoms with van der Waals surface area (Å²) in [6.07, 6.45) is 3.87. The summed E-state index contributed by atoms with van der Waals surface area (Å²) in [4.78, 5) is 13.7. The smallest absolute Gasteiger partial charge is 0.133 e. The molecule has 1 heterocycles. The fourth-order valence-corrected chi connectivity index (χ4v) is 2.76. The SMILES string of the molecule is CC1CN(C2CCC(=O)CC2)CC1C. The summed E-state index contributed by atoms with van der Waals surface area (Å²) in [6.45, 7) is 7.19. The predicted octanol–water partition coefficient (Wildman–Crippen LogP) is 2.09. The first-order valence-corrected chi connectivity index (χ1v) is 5.92. The third kappa shape index (κ3) is 2.00. The largest absolute Gasteiger partial charge is 0.300 e. The topological polar surface area (TPSA) is 20.3 Å². The highest BCUT2D eigenvalue weighted by Crippen LogP contribution is 2.29. The van der Waals surface area contributed by atoms with Gasteiger partial charge in [0.1, 0.15) is 5.78 Å². The van der Waals surface area contributed by atoms with Gasteiger partial charge in [0.2, 0.25) is 0 Å². The van der Waals surface area contributed by atoms with Gasteiger partial charge in [0.05, 0.1) is 0 Å². The summed E-state index contributed by atoms with van der Waals surface area (Å²) in [5, 5.41) is 0. The van der Waals surface area contributed by atoms with Crippen LogP contribution < -0.4 is 0 Å². The summed E-state index contributed by atoms with van der Waals surface area (Å²) >= 11 is 0. The molecule has 0 radical (unpaired) electrons. The summed E-state index contributed by atoms with van der Waals surface area (Å²) in [7, 11) is 0. The van der Waals surface area contributed by atoms with Gasteiger partial charge in [0.25, 0.3) is 0 Å². The quantitative estimate of drug-likeness (QED) is 0.638. The van der Waals surface area contributed by atoms with Crippen molar-refractivity contribution in [2.24, 2.45) is 11.8 Å². The number of ketones is 1. The van der Waals surface area contributed by atoms with Crippen LogP contribution in [0.15, 0.2) is 0 Å². The molecule has 80 valence electrons. The van der Waals surface area contributed by atoms with Crippen LogP contribution in [0.3, 0.4) is 0 Å². The molecule has 0 aromatic rings. The molecule has 0 bridgehead atoms. The van der Waals surface area contributed by atoms with Gasteiger partial charge in [-0.05, 0) is 24.7 Å². The standard InChI is InChI=1S/C12H21NO/c1-9-7-13(8-10(9)2)11-3-5-12(14)6-4-11/h9-11H,3-8H2,1-2H3. The molecule has 2 rings (SSSR count). The molecule has 1 saturated carbocycles. The van der Waals surface area contributed by atoms with Crippen LogP contribution in [0.4, 0.5) is 0 Å². The Balaban J connectivity index is 1.88. The Morgan fingerprint density at radius 2 is 1.57 bits per heavy atom. The lowest BCUT2D eigenvalue weighted by Gasteiger charge is -2.30. The first-order valence-electron chi connectivity index (χ1n) is 5.92. The van der Waals surface area contributed by atoms with E-state index in [-0.39, 0.29) is 0 Å². The third-order valence-corrected chi connectivity index (χ3v) is 4.05. The highest BCUT2D eigenvalue weighted by molar-refractivity contribution is 5.79. The minimum Gasteiger partial charge on any atom is -0.300 e. The molecule has 0 amide bonds. The van der Waals surface area contributed by atoms with Crippen LogP contribution in [-0.4, -0.2) is 29.8 Å². The van der Waals surface area contributed by atoms with Gasteiger partial charge in [0.15, 0.2) is 0 Å². The van der Waals surface area contributed by atoms with E-state index in [9.17, 15) is 4.79 Å². The lowest BCUT2D eigenvalue weighted by atomic mass is 9.93. The molecule has 2 fully saturated rings. The maximum Gasteiger partial charge on any atom is 0.133 e. The van der Waals surface area contributed by atoms with Crippen molar-refractivity contribution < 1.29 is 4.79 Å². The lowest BCUT2D eigenvalue weighted by molar-refractivity contribution is -0.121. The second kappa shape index (κ2) is 4.01. The Bertz CT molecular complexity index is 206. The highest BCUT2D eigenvalue weighted by Gasteiger charge is 2.32. The normalized spacial score (nSPS) is 36.6. The minimum absolute atomic E-state index is 0.474. The molecular weight excluding hydrogens is 174 g/mol. The van der Waals surface area contributed by atoms with E-state index in [0.29, 0.717) is 11.8 Å². The van der Waals surface area contributed by atoms with E-state index in [0.717, 1.165) is 37.5 Å². The average Bonchev–Trinajstić information content (AvgIpc) is 2.48. The van der Waals surface area contributed by atoms with Crippen molar-refractivity contribution in [3.8, 4) is 0 Å². The molecular formula is C12H21NO. The second-order valence-electron chi connectivity index (χ2n) is 5.18. The van der Waals surface area contributed by atoms with Crippen LogP contribution in [0.25, 0.3) is 0 Å². The van der Waals surface area contributed by atoms with Crippen molar-refractivity contribution in [1.82, 2.24) is 4.90 Å². The molecule has 0 N–H and O–H groups in total. The lowest BCUT2D eigenvalue weighted by Crippen LogP contribution is -2.36. The summed E-state index contributed by atoms with van der Waals surface area (Å²) < 4.78 is 0. The van der Waals surface area contributed by atoms with Crippen LogP contribution in [0.2, 0.25) is 0 Å². The number of Topliss-reactive ketones (excluding diaryl/α,β-unsaturated/α-hetero) is 1. The molecule has 1 aliphatic heterocycles. The van der Waals surface area contributed by atoms with Gasteiger partial charge < -0.3 is 0 Å². The van der Waals surface area contributed by atoms with E-state index in [1.807, 2.05) is 0 Å². The van der Waals surface area contributed by atoms with E-state index in [2.05, 4.69) is 18.7 Å². The average molecular weight is 195 g/mol. The van der Waals surface area contributed by atoms with E-state index >= 15 is 0 Å². The number of carbonyl (C=O) groups excluding carboxylic acids is 1. The minimum atomic E-state index is 0.474. The van der Waals surface area contributed by atoms with Gasteiger partial charge in [-0.25, -0.2) is 0 Å². The van der Waals surface area contributed by atoms with Crippen molar-refractivity contribution >= 4 is 5.78 Å². The first kappa shape index (κ1) is 10.2. The van der Waals surface area contributed by atoms with Crippen molar-refractivity contribution in [2.75, 3.05) is 13.1 Å². The molecule has 1 saturated heterocycles. The van der Waals surface area contributed by atoms with Crippen LogP contribution in [0, 0.1) is 11.8 Å². The Morgan fingerprint density at radius 1 is 1.07 bits per heavy atom. The van der Waals surface area contributed by atoms with E-state index < -0.39 is 0 Å². The second-order valence-corrected chi connectivity index (χ2v) is 5.18. The highest BCUT2D eigenvalue weighted by atomic mass is 16.1. The van der Waals surface area contributed by atoms with Gasteiger partial charge in [-0.3, -0.25) is 9.69 Å². The first-order chi connectivity index (χ1) is 6.66. The Labute approximate surface area is 86.7 Å². The summed E-state index contributed by atoms with van der Waals surface area (Å²) in [5.74, 6) is 2.15. The van der Waals surface area contributed by atoms with Crippen molar-refractivity contribution in [2.45, 2.75) is 45.6 Å². The number of hydrogen-bond acceptors (Lipinski definition) is 2. The third-order valence-electron chi connectivity index (χ3n) is 4.05. The van der Waals surface area contributed by atoms with E-state index in [4.69, 9.17) is 0 Å². The van der Waals surface area contributed by atoms with Gasteiger partial charge in [-0.1, -0.05) is 13.8 Å². The molecule has 2 nitrogen and oxygen atoms in total. The van der Waals surface area contributed by atoms with Gasteiger partial charge in [-0.2, -0.15) is 0 Å². The Morgan fingerprint density at radius 3 is 2.07 bits per heavy atom. The van der Waals surface area contributed by atoms with E-state index in [1.165, 1.54) is 13.1 Å².